The predicted octanol–water partition coefficient (Wildman–Crippen LogP) is 4.34. The highest BCUT2D eigenvalue weighted by Gasteiger charge is 2.17. The van der Waals surface area contributed by atoms with Gasteiger partial charge in [-0.15, -0.1) is 11.3 Å². The number of aliphatic hydroxyl groups is 1. The molecule has 0 amide bonds. The van der Waals surface area contributed by atoms with Crippen molar-refractivity contribution in [3.63, 3.8) is 0 Å². The van der Waals surface area contributed by atoms with E-state index >= 15 is 0 Å². The molecule has 1 atom stereocenters. The van der Waals surface area contributed by atoms with Crippen LogP contribution in [-0.2, 0) is 0 Å². The van der Waals surface area contributed by atoms with Crippen molar-refractivity contribution in [3.8, 4) is 11.3 Å². The maximum Gasteiger partial charge on any atom is 0.336 e. The van der Waals surface area contributed by atoms with Crippen LogP contribution in [-0.4, -0.2) is 33.6 Å². The molecule has 0 bridgehead atoms. The minimum Gasteiger partial charge on any atom is -0.478 e. The van der Waals surface area contributed by atoms with Crippen LogP contribution in [0.15, 0.2) is 59.0 Å². The van der Waals surface area contributed by atoms with Crippen molar-refractivity contribution >= 4 is 40.3 Å². The number of carboxylic acids is 1. The van der Waals surface area contributed by atoms with E-state index in [2.05, 4.69) is 10.1 Å². The van der Waals surface area contributed by atoms with Gasteiger partial charge in [-0.05, 0) is 19.1 Å². The van der Waals surface area contributed by atoms with Crippen LogP contribution in [0.3, 0.4) is 0 Å². The molecule has 2 N–H and O–H groups in total. The molecule has 0 aliphatic carbocycles. The Morgan fingerprint density at radius 3 is 2.67 bits per heavy atom. The van der Waals surface area contributed by atoms with Gasteiger partial charge in [-0.25, -0.2) is 14.8 Å². The van der Waals surface area contributed by atoms with Crippen LogP contribution in [0.25, 0.3) is 11.3 Å². The first-order valence-corrected chi connectivity index (χ1v) is 9.27. The molecule has 0 radical (unpaired) electrons. The zero-order valence-electron chi connectivity index (χ0n) is 14.3. The third-order valence-electron chi connectivity index (χ3n) is 3.70. The van der Waals surface area contributed by atoms with E-state index in [0.29, 0.717) is 21.4 Å². The Morgan fingerprint density at radius 1 is 1.26 bits per heavy atom. The summed E-state index contributed by atoms with van der Waals surface area (Å²) in [4.78, 5) is 15.8. The first-order valence-electron chi connectivity index (χ1n) is 8.01. The van der Waals surface area contributed by atoms with Crippen LogP contribution in [0.2, 0.25) is 5.02 Å². The zero-order valence-corrected chi connectivity index (χ0v) is 15.9. The second-order valence-electron chi connectivity index (χ2n) is 5.61. The Balaban J connectivity index is 1.92. The number of nitrogens with zero attached hydrogens (tertiary/aromatic N) is 3. The van der Waals surface area contributed by atoms with Crippen molar-refractivity contribution in [2.24, 2.45) is 5.10 Å². The van der Waals surface area contributed by atoms with E-state index in [0.717, 1.165) is 5.56 Å². The molecular weight excluding hydrogens is 386 g/mol. The average molecular weight is 402 g/mol. The fourth-order valence-corrected chi connectivity index (χ4v) is 3.48. The van der Waals surface area contributed by atoms with Crippen LogP contribution in [0.5, 0.6) is 0 Å². The quantitative estimate of drug-likeness (QED) is 0.364. The van der Waals surface area contributed by atoms with Crippen molar-refractivity contribution in [3.05, 3.63) is 70.1 Å². The first-order chi connectivity index (χ1) is 13.0. The van der Waals surface area contributed by atoms with Gasteiger partial charge in [0.1, 0.15) is 6.23 Å². The van der Waals surface area contributed by atoms with Crippen LogP contribution in [0.4, 0.5) is 5.13 Å². The Bertz CT molecular complexity index is 988. The van der Waals surface area contributed by atoms with E-state index in [1.165, 1.54) is 28.6 Å². The van der Waals surface area contributed by atoms with Gasteiger partial charge >= 0.3 is 5.97 Å². The van der Waals surface area contributed by atoms with Gasteiger partial charge in [-0.3, -0.25) is 0 Å². The van der Waals surface area contributed by atoms with Crippen LogP contribution in [0, 0.1) is 0 Å². The lowest BCUT2D eigenvalue weighted by molar-refractivity contribution is 0.0696. The average Bonchev–Trinajstić information content (AvgIpc) is 3.11. The summed E-state index contributed by atoms with van der Waals surface area (Å²) in [5.74, 6) is -1.05. The Kier molecular flexibility index (Phi) is 5.85. The molecule has 0 fully saturated rings. The monoisotopic (exact) mass is 401 g/mol. The van der Waals surface area contributed by atoms with Crippen LogP contribution >= 0.6 is 22.9 Å². The number of rotatable bonds is 6. The van der Waals surface area contributed by atoms with Gasteiger partial charge in [0.2, 0.25) is 5.13 Å². The highest BCUT2D eigenvalue weighted by Crippen LogP contribution is 2.32. The SMILES string of the molecule is CC(O)N(N=Cc1ccccc1C(=O)O)c1nc(-c2ccccc2Cl)cs1. The van der Waals surface area contributed by atoms with Crippen LogP contribution in [0.1, 0.15) is 22.8 Å². The Morgan fingerprint density at radius 2 is 1.96 bits per heavy atom. The normalized spacial score (nSPS) is 12.3. The summed E-state index contributed by atoms with van der Waals surface area (Å²) >= 11 is 7.52. The summed E-state index contributed by atoms with van der Waals surface area (Å²) in [6.45, 7) is 1.55. The number of halogens is 1. The summed E-state index contributed by atoms with van der Waals surface area (Å²) in [5, 5.41) is 27.8. The van der Waals surface area contributed by atoms with Crippen molar-refractivity contribution < 1.29 is 15.0 Å². The van der Waals surface area contributed by atoms with E-state index in [1.54, 1.807) is 31.2 Å². The molecule has 27 heavy (non-hydrogen) atoms. The lowest BCUT2D eigenvalue weighted by Gasteiger charge is -2.18. The topological polar surface area (TPSA) is 86.0 Å². The molecule has 0 saturated carbocycles. The van der Waals surface area contributed by atoms with E-state index in [-0.39, 0.29) is 5.56 Å². The first kappa shape index (κ1) is 19.0. The second kappa shape index (κ2) is 8.30. The summed E-state index contributed by atoms with van der Waals surface area (Å²) in [7, 11) is 0. The lowest BCUT2D eigenvalue weighted by atomic mass is 10.1. The molecule has 1 heterocycles. The maximum absolute atomic E-state index is 11.3. The number of anilines is 1. The van der Waals surface area contributed by atoms with Gasteiger partial charge in [-0.2, -0.15) is 5.10 Å². The summed E-state index contributed by atoms with van der Waals surface area (Å²) in [6, 6.07) is 13.9. The molecule has 138 valence electrons. The molecular formula is C19H16ClN3O3S. The van der Waals surface area contributed by atoms with Gasteiger partial charge < -0.3 is 10.2 Å². The number of aromatic carboxylic acids is 1. The summed E-state index contributed by atoms with van der Waals surface area (Å²) in [5.41, 5.74) is 2.01. The number of hydrogen-bond acceptors (Lipinski definition) is 6. The van der Waals surface area contributed by atoms with E-state index in [9.17, 15) is 15.0 Å². The van der Waals surface area contributed by atoms with E-state index < -0.39 is 12.2 Å². The van der Waals surface area contributed by atoms with Crippen molar-refractivity contribution in [2.45, 2.75) is 13.2 Å². The zero-order chi connectivity index (χ0) is 19.4. The minimum atomic E-state index is -1.05. The highest BCUT2D eigenvalue weighted by atomic mass is 35.5. The molecule has 0 spiro atoms. The van der Waals surface area contributed by atoms with E-state index in [1.807, 2.05) is 23.6 Å². The molecule has 0 aliphatic heterocycles. The summed E-state index contributed by atoms with van der Waals surface area (Å²) < 4.78 is 0. The number of benzene rings is 2. The molecule has 2 aromatic carbocycles. The maximum atomic E-state index is 11.3. The Labute approximate surface area is 165 Å². The number of carboxylic acid groups (broad SMARTS) is 1. The fraction of sp³-hybridized carbons (Fsp3) is 0.105. The van der Waals surface area contributed by atoms with Gasteiger partial charge in [0.15, 0.2) is 0 Å². The van der Waals surface area contributed by atoms with Crippen LogP contribution < -0.4 is 5.01 Å². The Hall–Kier alpha value is -2.74. The molecule has 1 unspecified atom stereocenters. The molecule has 6 nitrogen and oxygen atoms in total. The molecule has 3 rings (SSSR count). The van der Waals surface area contributed by atoms with Gasteiger partial charge in [0.05, 0.1) is 17.5 Å². The third kappa shape index (κ3) is 4.33. The smallest absolute Gasteiger partial charge is 0.336 e. The standard InChI is InChI=1S/C19H16ClN3O3S/c1-12(24)23(21-10-13-6-2-3-7-14(13)18(25)26)19-22-17(11-27-19)15-8-4-5-9-16(15)20/h2-12,24H,1H3,(H,25,26). The molecule has 3 aromatic rings. The minimum absolute atomic E-state index is 0.127. The second-order valence-corrected chi connectivity index (χ2v) is 6.85. The number of aliphatic hydroxyl groups excluding tert-OH is 1. The van der Waals surface area contributed by atoms with E-state index in [4.69, 9.17) is 11.6 Å². The number of hydrogen-bond donors (Lipinski definition) is 2. The van der Waals surface area contributed by atoms with Gasteiger partial charge in [0.25, 0.3) is 0 Å². The molecule has 1 aromatic heterocycles. The van der Waals surface area contributed by atoms with Crippen molar-refractivity contribution in [1.82, 2.24) is 4.98 Å². The number of carbonyl (C=O) groups is 1. The highest BCUT2D eigenvalue weighted by molar-refractivity contribution is 7.14. The molecule has 0 saturated heterocycles. The van der Waals surface area contributed by atoms with Gasteiger partial charge in [-0.1, -0.05) is 48.0 Å². The van der Waals surface area contributed by atoms with Crippen molar-refractivity contribution in [1.29, 1.82) is 0 Å². The number of aromatic nitrogens is 1. The largest absolute Gasteiger partial charge is 0.478 e. The number of hydrazone groups is 1. The third-order valence-corrected chi connectivity index (χ3v) is 4.86. The fourth-order valence-electron chi connectivity index (χ4n) is 2.40. The number of thiazole rings is 1. The summed E-state index contributed by atoms with van der Waals surface area (Å²) in [6.07, 6.45) is 0.440. The van der Waals surface area contributed by atoms with Gasteiger partial charge in [0, 0.05) is 21.5 Å². The molecule has 0 aliphatic rings. The lowest BCUT2D eigenvalue weighted by Crippen LogP contribution is -2.27. The van der Waals surface area contributed by atoms with Crippen molar-refractivity contribution in [2.75, 3.05) is 5.01 Å². The predicted molar refractivity (Wildman–Crippen MR) is 108 cm³/mol. The molecule has 8 heteroatoms.